The molecule has 0 radical (unpaired) electrons. The van der Waals surface area contributed by atoms with Crippen molar-refractivity contribution in [2.45, 2.75) is 31.0 Å². The summed E-state index contributed by atoms with van der Waals surface area (Å²) in [5, 5.41) is 15.2. The van der Waals surface area contributed by atoms with E-state index < -0.39 is 0 Å². The summed E-state index contributed by atoms with van der Waals surface area (Å²) in [6, 6.07) is 16.0. The Morgan fingerprint density at radius 2 is 1.85 bits per heavy atom. The van der Waals surface area contributed by atoms with E-state index in [9.17, 15) is 4.79 Å². The molecule has 7 heteroatoms. The van der Waals surface area contributed by atoms with E-state index in [-0.39, 0.29) is 5.91 Å². The van der Waals surface area contributed by atoms with Crippen LogP contribution in [0.2, 0.25) is 0 Å². The number of benzene rings is 2. The summed E-state index contributed by atoms with van der Waals surface area (Å²) in [5.74, 6) is 0.754. The highest BCUT2D eigenvalue weighted by atomic mass is 32.2. The Morgan fingerprint density at radius 1 is 1.11 bits per heavy atom. The van der Waals surface area contributed by atoms with Crippen LogP contribution in [0.3, 0.4) is 0 Å². The summed E-state index contributed by atoms with van der Waals surface area (Å²) in [6.07, 6.45) is 0. The number of aryl methyl sites for hydroxylation is 1. The topological polar surface area (TPSA) is 66.9 Å². The number of carbonyl (C=O) groups excluding carboxylic acids is 1. The molecule has 1 aromatic heterocycles. The van der Waals surface area contributed by atoms with E-state index >= 15 is 0 Å². The van der Waals surface area contributed by atoms with Crippen molar-refractivity contribution in [1.29, 1.82) is 0 Å². The lowest BCUT2D eigenvalue weighted by molar-refractivity contribution is -0.113. The molecule has 2 N–H and O–H groups in total. The summed E-state index contributed by atoms with van der Waals surface area (Å²) in [7, 11) is 0. The van der Waals surface area contributed by atoms with Gasteiger partial charge < -0.3 is 10.6 Å². The summed E-state index contributed by atoms with van der Waals surface area (Å²) in [4.78, 5) is 12.1. The van der Waals surface area contributed by atoms with Gasteiger partial charge in [0.15, 0.2) is 4.34 Å². The van der Waals surface area contributed by atoms with Gasteiger partial charge >= 0.3 is 0 Å². The first-order chi connectivity index (χ1) is 13.0. The number of amides is 1. The predicted octanol–water partition coefficient (Wildman–Crippen LogP) is 5.44. The first-order valence-electron chi connectivity index (χ1n) is 8.70. The lowest BCUT2D eigenvalue weighted by Gasteiger charge is -2.07. The van der Waals surface area contributed by atoms with Crippen LogP contribution < -0.4 is 10.6 Å². The zero-order valence-corrected chi connectivity index (χ0v) is 17.2. The molecule has 0 saturated carbocycles. The molecule has 27 heavy (non-hydrogen) atoms. The fraction of sp³-hybridized carbons (Fsp3) is 0.250. The van der Waals surface area contributed by atoms with Crippen LogP contribution in [-0.4, -0.2) is 21.9 Å². The maximum atomic E-state index is 12.1. The van der Waals surface area contributed by atoms with Crippen molar-refractivity contribution < 1.29 is 4.79 Å². The number of hydrogen-bond donors (Lipinski definition) is 2. The van der Waals surface area contributed by atoms with Gasteiger partial charge in [-0.2, -0.15) is 0 Å². The number of para-hydroxylation sites is 1. The minimum Gasteiger partial charge on any atom is -0.330 e. The molecule has 0 fully saturated rings. The van der Waals surface area contributed by atoms with Gasteiger partial charge in [-0.15, -0.1) is 10.2 Å². The van der Waals surface area contributed by atoms with E-state index in [1.807, 2.05) is 43.3 Å². The van der Waals surface area contributed by atoms with E-state index in [0.29, 0.717) is 16.8 Å². The Balaban J connectivity index is 1.52. The molecule has 140 valence electrons. The summed E-state index contributed by atoms with van der Waals surface area (Å²) in [5.41, 5.74) is 4.16. The molecule has 2 aromatic carbocycles. The van der Waals surface area contributed by atoms with Crippen LogP contribution in [0, 0.1) is 6.92 Å². The second-order valence-electron chi connectivity index (χ2n) is 6.43. The van der Waals surface area contributed by atoms with Gasteiger partial charge in [0, 0.05) is 11.4 Å². The molecular weight excluding hydrogens is 376 g/mol. The zero-order chi connectivity index (χ0) is 19.2. The first-order valence-corrected chi connectivity index (χ1v) is 10.5. The highest BCUT2D eigenvalue weighted by Gasteiger charge is 2.10. The van der Waals surface area contributed by atoms with Crippen molar-refractivity contribution in [3.63, 3.8) is 0 Å². The second kappa shape index (κ2) is 9.01. The molecule has 0 spiro atoms. The second-order valence-corrected chi connectivity index (χ2v) is 8.63. The Morgan fingerprint density at radius 3 is 2.56 bits per heavy atom. The van der Waals surface area contributed by atoms with Gasteiger partial charge in [0.1, 0.15) is 0 Å². The van der Waals surface area contributed by atoms with Crippen molar-refractivity contribution in [3.8, 4) is 0 Å². The van der Waals surface area contributed by atoms with Crippen LogP contribution in [0.25, 0.3) is 0 Å². The highest BCUT2D eigenvalue weighted by Crippen LogP contribution is 2.28. The molecule has 0 aliphatic carbocycles. The minimum atomic E-state index is -0.0525. The van der Waals surface area contributed by atoms with Crippen molar-refractivity contribution >= 4 is 45.5 Å². The fourth-order valence-corrected chi connectivity index (χ4v) is 3.99. The number of thioether (sulfide) groups is 1. The molecule has 0 aliphatic rings. The molecule has 0 saturated heterocycles. The summed E-state index contributed by atoms with van der Waals surface area (Å²) in [6.45, 7) is 6.32. The lowest BCUT2D eigenvalue weighted by Crippen LogP contribution is -2.14. The molecule has 3 rings (SSSR count). The van der Waals surface area contributed by atoms with Crippen molar-refractivity contribution in [3.05, 3.63) is 59.7 Å². The zero-order valence-electron chi connectivity index (χ0n) is 15.5. The molecule has 5 nitrogen and oxygen atoms in total. The van der Waals surface area contributed by atoms with E-state index in [2.05, 4.69) is 46.8 Å². The van der Waals surface area contributed by atoms with Crippen LogP contribution >= 0.6 is 23.1 Å². The third-order valence-corrected chi connectivity index (χ3v) is 5.95. The number of hydrogen-bond acceptors (Lipinski definition) is 6. The quantitative estimate of drug-likeness (QED) is 0.518. The van der Waals surface area contributed by atoms with Gasteiger partial charge in [0.25, 0.3) is 0 Å². The van der Waals surface area contributed by atoms with E-state index in [4.69, 9.17) is 0 Å². The van der Waals surface area contributed by atoms with Crippen LogP contribution in [0.4, 0.5) is 16.5 Å². The first kappa shape index (κ1) is 19.4. The molecule has 0 bridgehead atoms. The average molecular weight is 399 g/mol. The van der Waals surface area contributed by atoms with E-state index in [1.165, 1.54) is 28.7 Å². The largest absolute Gasteiger partial charge is 0.330 e. The summed E-state index contributed by atoms with van der Waals surface area (Å²) < 4.78 is 0.760. The number of aromatic nitrogens is 2. The van der Waals surface area contributed by atoms with Gasteiger partial charge in [-0.05, 0) is 42.2 Å². The normalized spacial score (nSPS) is 10.8. The maximum absolute atomic E-state index is 12.1. The minimum absolute atomic E-state index is 0.0525. The van der Waals surface area contributed by atoms with Crippen LogP contribution in [0.5, 0.6) is 0 Å². The Bertz CT molecular complexity index is 906. The standard InChI is InChI=1S/C20H22N4OS2/c1-13(2)15-8-10-16(11-9-15)21-19-23-24-20(27-19)26-12-18(25)22-17-7-5-4-6-14(17)3/h4-11,13H,12H2,1-3H3,(H,21,23)(H,22,25). The number of anilines is 3. The highest BCUT2D eigenvalue weighted by molar-refractivity contribution is 8.01. The molecule has 0 unspecified atom stereocenters. The monoisotopic (exact) mass is 398 g/mol. The third kappa shape index (κ3) is 5.55. The van der Waals surface area contributed by atoms with Gasteiger partial charge in [0.2, 0.25) is 11.0 Å². The fourth-order valence-electron chi connectivity index (χ4n) is 2.42. The van der Waals surface area contributed by atoms with Crippen LogP contribution in [-0.2, 0) is 4.79 Å². The van der Waals surface area contributed by atoms with E-state index in [0.717, 1.165) is 21.3 Å². The van der Waals surface area contributed by atoms with Gasteiger partial charge in [-0.1, -0.05) is 67.3 Å². The smallest absolute Gasteiger partial charge is 0.234 e. The molecule has 0 aliphatic heterocycles. The third-order valence-electron chi connectivity index (χ3n) is 3.98. The molecule has 3 aromatic rings. The van der Waals surface area contributed by atoms with Gasteiger partial charge in [-0.3, -0.25) is 4.79 Å². The predicted molar refractivity (Wildman–Crippen MR) is 114 cm³/mol. The molecular formula is C20H22N4OS2. The van der Waals surface area contributed by atoms with E-state index in [1.54, 1.807) is 0 Å². The van der Waals surface area contributed by atoms with Crippen molar-refractivity contribution in [2.75, 3.05) is 16.4 Å². The van der Waals surface area contributed by atoms with Crippen molar-refractivity contribution in [1.82, 2.24) is 10.2 Å². The van der Waals surface area contributed by atoms with Gasteiger partial charge in [0.05, 0.1) is 5.75 Å². The van der Waals surface area contributed by atoms with Crippen molar-refractivity contribution in [2.24, 2.45) is 0 Å². The molecule has 1 heterocycles. The van der Waals surface area contributed by atoms with Crippen LogP contribution in [0.1, 0.15) is 30.9 Å². The Labute approximate surface area is 167 Å². The number of nitrogens with zero attached hydrogens (tertiary/aromatic N) is 2. The van der Waals surface area contributed by atoms with Gasteiger partial charge in [-0.25, -0.2) is 0 Å². The summed E-state index contributed by atoms with van der Waals surface area (Å²) >= 11 is 2.82. The lowest BCUT2D eigenvalue weighted by atomic mass is 10.0. The Kier molecular flexibility index (Phi) is 6.47. The molecule has 1 amide bonds. The SMILES string of the molecule is Cc1ccccc1NC(=O)CSc1nnc(Nc2ccc(C(C)C)cc2)s1. The Hall–Kier alpha value is -2.38. The maximum Gasteiger partial charge on any atom is 0.234 e. The number of rotatable bonds is 7. The molecule has 0 atom stereocenters. The number of carbonyl (C=O) groups is 1. The average Bonchev–Trinajstić information content (AvgIpc) is 3.10. The number of nitrogens with one attached hydrogen (secondary N) is 2. The van der Waals surface area contributed by atoms with Crippen LogP contribution in [0.15, 0.2) is 52.9 Å².